The molecule has 3 N–H and O–H groups in total. The number of hydrogen-bond donors (Lipinski definition) is 2. The number of benzene rings is 1. The van der Waals surface area contributed by atoms with Crippen molar-refractivity contribution in [3.63, 3.8) is 0 Å². The summed E-state index contributed by atoms with van der Waals surface area (Å²) in [5.74, 6) is 0.480. The molecular formula is C15H20Cl3N3O. The molecular weight excluding hydrogens is 345 g/mol. The summed E-state index contributed by atoms with van der Waals surface area (Å²) in [7, 11) is 0. The van der Waals surface area contributed by atoms with Crippen LogP contribution in [0.25, 0.3) is 0 Å². The highest BCUT2D eigenvalue weighted by molar-refractivity contribution is 6.44. The summed E-state index contributed by atoms with van der Waals surface area (Å²) in [6.45, 7) is 2.89. The minimum atomic E-state index is -0.103. The molecule has 1 saturated heterocycles. The van der Waals surface area contributed by atoms with E-state index >= 15 is 0 Å². The molecule has 7 heteroatoms. The van der Waals surface area contributed by atoms with E-state index in [0.29, 0.717) is 39.8 Å². The molecule has 1 aromatic rings. The Labute approximate surface area is 145 Å². The van der Waals surface area contributed by atoms with Crippen LogP contribution in [0.5, 0.6) is 0 Å². The summed E-state index contributed by atoms with van der Waals surface area (Å²) in [6, 6.07) is 3.09. The number of carbonyl (C=O) groups is 1. The number of rotatable bonds is 5. The normalized spacial score (nSPS) is 19.2. The maximum atomic E-state index is 12.2. The first-order chi connectivity index (χ1) is 10.5. The summed E-state index contributed by atoms with van der Waals surface area (Å²) < 4.78 is 0. The molecule has 1 aromatic carbocycles. The number of halogens is 3. The average Bonchev–Trinajstić information content (AvgIpc) is 2.45. The van der Waals surface area contributed by atoms with E-state index < -0.39 is 0 Å². The number of likely N-dealkylation sites (tertiary alicyclic amines) is 1. The van der Waals surface area contributed by atoms with Crippen LogP contribution in [0.2, 0.25) is 15.1 Å². The van der Waals surface area contributed by atoms with Crippen molar-refractivity contribution in [1.29, 1.82) is 0 Å². The van der Waals surface area contributed by atoms with Crippen LogP contribution in [0.15, 0.2) is 12.1 Å². The molecule has 22 heavy (non-hydrogen) atoms. The Balaban J connectivity index is 1.91. The van der Waals surface area contributed by atoms with E-state index in [1.165, 1.54) is 12.5 Å². The first kappa shape index (κ1) is 17.8. The summed E-state index contributed by atoms with van der Waals surface area (Å²) >= 11 is 17.9. The van der Waals surface area contributed by atoms with Gasteiger partial charge in [0.05, 0.1) is 27.3 Å². The molecule has 122 valence electrons. The molecule has 1 unspecified atom stereocenters. The van der Waals surface area contributed by atoms with Gasteiger partial charge in [-0.1, -0.05) is 34.8 Å². The Morgan fingerprint density at radius 1 is 1.27 bits per heavy atom. The van der Waals surface area contributed by atoms with Gasteiger partial charge in [-0.05, 0) is 50.4 Å². The molecule has 0 bridgehead atoms. The zero-order chi connectivity index (χ0) is 16.1. The van der Waals surface area contributed by atoms with Crippen molar-refractivity contribution in [1.82, 2.24) is 4.90 Å². The monoisotopic (exact) mass is 363 g/mol. The molecule has 1 heterocycles. The Morgan fingerprint density at radius 3 is 2.73 bits per heavy atom. The zero-order valence-electron chi connectivity index (χ0n) is 12.2. The van der Waals surface area contributed by atoms with E-state index in [9.17, 15) is 4.79 Å². The Bertz CT molecular complexity index is 537. The molecule has 0 saturated carbocycles. The van der Waals surface area contributed by atoms with Crippen molar-refractivity contribution in [3.8, 4) is 0 Å². The second-order valence-electron chi connectivity index (χ2n) is 5.62. The number of nitrogens with two attached hydrogens (primary N) is 1. The van der Waals surface area contributed by atoms with Gasteiger partial charge in [-0.15, -0.1) is 0 Å². The standard InChI is InChI=1S/C15H20Cl3N3O/c16-11-6-13(18)14(7-12(11)17)20-15(22)9-21-5-1-2-10(8-21)3-4-19/h6-7,10H,1-5,8-9,19H2,(H,20,22). The van der Waals surface area contributed by atoms with Gasteiger partial charge in [-0.25, -0.2) is 0 Å². The molecule has 0 aromatic heterocycles. The van der Waals surface area contributed by atoms with Crippen LogP contribution in [0.3, 0.4) is 0 Å². The molecule has 0 spiro atoms. The minimum absolute atomic E-state index is 0.103. The van der Waals surface area contributed by atoms with Gasteiger partial charge in [0.15, 0.2) is 0 Å². The summed E-state index contributed by atoms with van der Waals surface area (Å²) in [5.41, 5.74) is 6.10. The lowest BCUT2D eigenvalue weighted by Gasteiger charge is -2.32. The van der Waals surface area contributed by atoms with E-state index in [4.69, 9.17) is 40.5 Å². The van der Waals surface area contributed by atoms with Crippen molar-refractivity contribution < 1.29 is 4.79 Å². The van der Waals surface area contributed by atoms with Crippen LogP contribution >= 0.6 is 34.8 Å². The lowest BCUT2D eigenvalue weighted by Crippen LogP contribution is -2.41. The Kier molecular flexibility index (Phi) is 6.78. The highest BCUT2D eigenvalue weighted by Crippen LogP contribution is 2.32. The lowest BCUT2D eigenvalue weighted by atomic mass is 9.95. The van der Waals surface area contributed by atoms with Crippen LogP contribution < -0.4 is 11.1 Å². The van der Waals surface area contributed by atoms with Crippen molar-refractivity contribution in [3.05, 3.63) is 27.2 Å². The Morgan fingerprint density at radius 2 is 2.00 bits per heavy atom. The van der Waals surface area contributed by atoms with Gasteiger partial charge in [-0.2, -0.15) is 0 Å². The molecule has 4 nitrogen and oxygen atoms in total. The first-order valence-electron chi connectivity index (χ1n) is 7.36. The highest BCUT2D eigenvalue weighted by atomic mass is 35.5. The number of amides is 1. The third-order valence-corrected chi connectivity index (χ3v) is 4.86. The third-order valence-electron chi connectivity index (χ3n) is 3.83. The van der Waals surface area contributed by atoms with E-state index in [1.807, 2.05) is 0 Å². The second kappa shape index (κ2) is 8.37. The van der Waals surface area contributed by atoms with Gasteiger partial charge < -0.3 is 11.1 Å². The van der Waals surface area contributed by atoms with Gasteiger partial charge in [0.2, 0.25) is 5.91 Å². The number of carbonyl (C=O) groups excluding carboxylic acids is 1. The smallest absolute Gasteiger partial charge is 0.238 e. The molecule has 1 fully saturated rings. The maximum absolute atomic E-state index is 12.2. The fourth-order valence-electron chi connectivity index (χ4n) is 2.78. The number of piperidine rings is 1. The van der Waals surface area contributed by atoms with Crippen LogP contribution in [0, 0.1) is 5.92 Å². The van der Waals surface area contributed by atoms with Gasteiger partial charge in [-0.3, -0.25) is 9.69 Å². The highest BCUT2D eigenvalue weighted by Gasteiger charge is 2.21. The van der Waals surface area contributed by atoms with Gasteiger partial charge >= 0.3 is 0 Å². The zero-order valence-corrected chi connectivity index (χ0v) is 14.5. The van der Waals surface area contributed by atoms with Crippen molar-refractivity contribution >= 4 is 46.4 Å². The van der Waals surface area contributed by atoms with E-state index in [0.717, 1.165) is 25.9 Å². The van der Waals surface area contributed by atoms with Crippen molar-refractivity contribution in [2.24, 2.45) is 11.7 Å². The Hall–Kier alpha value is -0.520. The summed E-state index contributed by atoms with van der Waals surface area (Å²) in [5, 5.41) is 3.90. The number of nitrogens with zero attached hydrogens (tertiary/aromatic N) is 1. The fraction of sp³-hybridized carbons (Fsp3) is 0.533. The summed E-state index contributed by atoms with van der Waals surface area (Å²) in [4.78, 5) is 14.3. The van der Waals surface area contributed by atoms with E-state index in [-0.39, 0.29) is 5.91 Å². The van der Waals surface area contributed by atoms with E-state index in [1.54, 1.807) is 6.07 Å². The predicted octanol–water partition coefficient (Wildman–Crippen LogP) is 3.65. The maximum Gasteiger partial charge on any atom is 0.238 e. The molecule has 1 amide bonds. The second-order valence-corrected chi connectivity index (χ2v) is 6.84. The summed E-state index contributed by atoms with van der Waals surface area (Å²) in [6.07, 6.45) is 3.30. The minimum Gasteiger partial charge on any atom is -0.330 e. The average molecular weight is 365 g/mol. The molecule has 1 atom stereocenters. The molecule has 1 aliphatic rings. The molecule has 1 aliphatic heterocycles. The van der Waals surface area contributed by atoms with Gasteiger partial charge in [0.25, 0.3) is 0 Å². The van der Waals surface area contributed by atoms with Crippen LogP contribution in [-0.4, -0.2) is 37.0 Å². The number of anilines is 1. The van der Waals surface area contributed by atoms with Crippen LogP contribution in [-0.2, 0) is 4.79 Å². The number of nitrogens with one attached hydrogen (secondary N) is 1. The topological polar surface area (TPSA) is 58.4 Å². The fourth-order valence-corrected chi connectivity index (χ4v) is 3.37. The molecule has 2 rings (SSSR count). The molecule has 0 radical (unpaired) electrons. The van der Waals surface area contributed by atoms with Crippen LogP contribution in [0.4, 0.5) is 5.69 Å². The molecule has 0 aliphatic carbocycles. The SMILES string of the molecule is NCCC1CCCN(CC(=O)Nc2cc(Cl)c(Cl)cc2Cl)C1. The lowest BCUT2D eigenvalue weighted by molar-refractivity contribution is -0.117. The number of hydrogen-bond acceptors (Lipinski definition) is 3. The van der Waals surface area contributed by atoms with Gasteiger partial charge in [0, 0.05) is 6.54 Å². The third kappa shape index (κ3) is 5.00. The van der Waals surface area contributed by atoms with Crippen molar-refractivity contribution in [2.75, 3.05) is 31.5 Å². The predicted molar refractivity (Wildman–Crippen MR) is 92.9 cm³/mol. The first-order valence-corrected chi connectivity index (χ1v) is 8.49. The van der Waals surface area contributed by atoms with E-state index in [2.05, 4.69) is 10.2 Å². The quantitative estimate of drug-likeness (QED) is 0.784. The van der Waals surface area contributed by atoms with Crippen molar-refractivity contribution in [2.45, 2.75) is 19.3 Å². The largest absolute Gasteiger partial charge is 0.330 e. The van der Waals surface area contributed by atoms with Gasteiger partial charge in [0.1, 0.15) is 0 Å². The van der Waals surface area contributed by atoms with Crippen LogP contribution in [0.1, 0.15) is 19.3 Å².